The van der Waals surface area contributed by atoms with Gasteiger partial charge in [0, 0.05) is 7.11 Å². The maximum absolute atomic E-state index is 5.59. The lowest BCUT2D eigenvalue weighted by atomic mass is 11.3. The molecule has 50 valence electrons. The van der Waals surface area contributed by atoms with Crippen LogP contribution in [0.4, 0.5) is 0 Å². The van der Waals surface area contributed by atoms with E-state index in [2.05, 4.69) is 19.6 Å². The molecule has 8 heavy (non-hydrogen) atoms. The van der Waals surface area contributed by atoms with Crippen molar-refractivity contribution >= 4 is 8.07 Å². The van der Waals surface area contributed by atoms with Crippen LogP contribution >= 0.6 is 0 Å². The van der Waals surface area contributed by atoms with Gasteiger partial charge >= 0.3 is 0 Å². The van der Waals surface area contributed by atoms with E-state index in [1.807, 2.05) is 0 Å². The van der Waals surface area contributed by atoms with Crippen LogP contribution in [0.1, 0.15) is 0 Å². The van der Waals surface area contributed by atoms with Gasteiger partial charge in [-0.15, -0.1) is 0 Å². The van der Waals surface area contributed by atoms with Gasteiger partial charge in [-0.2, -0.15) is 0 Å². The van der Waals surface area contributed by atoms with Crippen LogP contribution in [-0.4, -0.2) is 21.0 Å². The first-order valence-electron chi connectivity index (χ1n) is 2.77. The van der Waals surface area contributed by atoms with Crippen molar-refractivity contribution in [1.82, 2.24) is 0 Å². The van der Waals surface area contributed by atoms with Gasteiger partial charge in [-0.25, -0.2) is 0 Å². The normalized spacial score (nSPS) is 16.1. The Hall–Kier alpha value is 0.137. The van der Waals surface area contributed by atoms with Crippen molar-refractivity contribution in [3.8, 4) is 0 Å². The second kappa shape index (κ2) is 2.62. The zero-order chi connectivity index (χ0) is 6.78. The molecule has 2 nitrogen and oxygen atoms in total. The van der Waals surface area contributed by atoms with Gasteiger partial charge in [0.25, 0.3) is 0 Å². The van der Waals surface area contributed by atoms with Gasteiger partial charge in [0.05, 0.1) is 13.9 Å². The van der Waals surface area contributed by atoms with Crippen molar-refractivity contribution < 1.29 is 4.74 Å². The van der Waals surface area contributed by atoms with Crippen molar-refractivity contribution in [3.05, 3.63) is 0 Å². The number of ether oxygens (including phenoxy) is 1. The highest BCUT2D eigenvalue weighted by Crippen LogP contribution is 2.04. The molecule has 0 aliphatic rings. The standard InChI is InChI=1S/C5H15NOSi/c1-7-5(6)8(2,3)4/h5H,6H2,1-4H3. The highest BCUT2D eigenvalue weighted by Gasteiger charge is 2.21. The molecule has 1 atom stereocenters. The SMILES string of the molecule is COC(N)[Si](C)(C)C. The van der Waals surface area contributed by atoms with E-state index in [1.165, 1.54) is 0 Å². The predicted octanol–water partition coefficient (Wildman–Crippen LogP) is 0.795. The van der Waals surface area contributed by atoms with E-state index in [1.54, 1.807) is 7.11 Å². The Morgan fingerprint density at radius 2 is 1.75 bits per heavy atom. The van der Waals surface area contributed by atoms with E-state index in [9.17, 15) is 0 Å². The van der Waals surface area contributed by atoms with E-state index in [0.29, 0.717) is 0 Å². The lowest BCUT2D eigenvalue weighted by molar-refractivity contribution is 0.163. The molecule has 0 aliphatic carbocycles. The maximum atomic E-state index is 5.59. The zero-order valence-electron chi connectivity index (χ0n) is 6.06. The summed E-state index contributed by atoms with van der Waals surface area (Å²) >= 11 is 0. The van der Waals surface area contributed by atoms with E-state index in [4.69, 9.17) is 10.5 Å². The highest BCUT2D eigenvalue weighted by atomic mass is 28.3. The fourth-order valence-corrected chi connectivity index (χ4v) is 1.06. The number of rotatable bonds is 2. The van der Waals surface area contributed by atoms with Crippen molar-refractivity contribution in [3.63, 3.8) is 0 Å². The molecule has 0 bridgehead atoms. The van der Waals surface area contributed by atoms with Crippen LogP contribution in [0.25, 0.3) is 0 Å². The third-order valence-electron chi connectivity index (χ3n) is 1.11. The number of hydrogen-bond acceptors (Lipinski definition) is 2. The average molecular weight is 133 g/mol. The molecule has 0 rings (SSSR count). The van der Waals surface area contributed by atoms with Gasteiger partial charge in [0.15, 0.2) is 0 Å². The zero-order valence-corrected chi connectivity index (χ0v) is 7.06. The smallest absolute Gasteiger partial charge is 0.0964 e. The predicted molar refractivity (Wildman–Crippen MR) is 38.3 cm³/mol. The molecular formula is C5H15NOSi. The Morgan fingerprint density at radius 1 is 1.38 bits per heavy atom. The molecule has 0 radical (unpaired) electrons. The van der Waals surface area contributed by atoms with Gasteiger partial charge < -0.3 is 10.5 Å². The minimum atomic E-state index is -1.21. The van der Waals surface area contributed by atoms with E-state index >= 15 is 0 Å². The Balaban J connectivity index is 3.62. The molecule has 0 saturated carbocycles. The molecule has 0 aromatic carbocycles. The summed E-state index contributed by atoms with van der Waals surface area (Å²) in [5.74, 6) is -0.0116. The van der Waals surface area contributed by atoms with Gasteiger partial charge in [-0.05, 0) is 0 Å². The molecule has 0 spiro atoms. The monoisotopic (exact) mass is 133 g/mol. The topological polar surface area (TPSA) is 35.2 Å². The first kappa shape index (κ1) is 8.14. The molecular weight excluding hydrogens is 118 g/mol. The summed E-state index contributed by atoms with van der Waals surface area (Å²) in [6.45, 7) is 6.55. The summed E-state index contributed by atoms with van der Waals surface area (Å²) in [5.41, 5.74) is 5.59. The molecule has 2 N–H and O–H groups in total. The van der Waals surface area contributed by atoms with Crippen LogP contribution < -0.4 is 5.73 Å². The lowest BCUT2D eigenvalue weighted by Gasteiger charge is -2.22. The largest absolute Gasteiger partial charge is 0.370 e. The van der Waals surface area contributed by atoms with Crippen LogP contribution in [0.5, 0.6) is 0 Å². The third-order valence-corrected chi connectivity index (χ3v) is 3.05. The molecule has 3 heteroatoms. The summed E-state index contributed by atoms with van der Waals surface area (Å²) < 4.78 is 4.95. The van der Waals surface area contributed by atoms with Crippen LogP contribution in [0.15, 0.2) is 0 Å². The van der Waals surface area contributed by atoms with Crippen LogP contribution in [-0.2, 0) is 4.74 Å². The quantitative estimate of drug-likeness (QED) is 0.446. The minimum absolute atomic E-state index is 0.0116. The molecule has 0 aliphatic heterocycles. The molecule has 0 amide bonds. The van der Waals surface area contributed by atoms with Gasteiger partial charge in [-0.3, -0.25) is 0 Å². The molecule has 0 aromatic rings. The van der Waals surface area contributed by atoms with Crippen molar-refractivity contribution in [2.45, 2.75) is 25.5 Å². The van der Waals surface area contributed by atoms with E-state index < -0.39 is 8.07 Å². The van der Waals surface area contributed by atoms with Crippen molar-refractivity contribution in [2.75, 3.05) is 7.11 Å². The Kier molecular flexibility index (Phi) is 2.66. The molecule has 0 heterocycles. The maximum Gasteiger partial charge on any atom is 0.0964 e. The summed E-state index contributed by atoms with van der Waals surface area (Å²) in [7, 11) is 0.451. The summed E-state index contributed by atoms with van der Waals surface area (Å²) in [4.78, 5) is 0. The number of nitrogens with two attached hydrogens (primary N) is 1. The van der Waals surface area contributed by atoms with Crippen LogP contribution in [0.3, 0.4) is 0 Å². The third kappa shape index (κ3) is 2.45. The molecule has 1 unspecified atom stereocenters. The summed E-state index contributed by atoms with van der Waals surface area (Å²) in [6, 6.07) is 0. The number of hydrogen-bond donors (Lipinski definition) is 1. The van der Waals surface area contributed by atoms with Crippen LogP contribution in [0.2, 0.25) is 19.6 Å². The fraction of sp³-hybridized carbons (Fsp3) is 1.00. The molecule has 0 fully saturated rings. The van der Waals surface area contributed by atoms with Crippen molar-refractivity contribution in [1.29, 1.82) is 0 Å². The molecule has 0 saturated heterocycles. The minimum Gasteiger partial charge on any atom is -0.370 e. The first-order chi connectivity index (χ1) is 3.48. The Bertz CT molecular complexity index is 69.3. The second-order valence-electron chi connectivity index (χ2n) is 3.02. The van der Waals surface area contributed by atoms with Gasteiger partial charge in [0.2, 0.25) is 0 Å². The summed E-state index contributed by atoms with van der Waals surface area (Å²) in [5, 5.41) is 0. The van der Waals surface area contributed by atoms with E-state index in [-0.39, 0.29) is 5.85 Å². The first-order valence-corrected chi connectivity index (χ1v) is 6.34. The highest BCUT2D eigenvalue weighted by molar-refractivity contribution is 6.77. The average Bonchev–Trinajstić information content (AvgIpc) is 1.62. The van der Waals surface area contributed by atoms with Gasteiger partial charge in [0.1, 0.15) is 0 Å². The molecule has 0 aromatic heterocycles. The lowest BCUT2D eigenvalue weighted by Crippen LogP contribution is -2.46. The fourth-order valence-electron chi connectivity index (χ4n) is 0.354. The summed E-state index contributed by atoms with van der Waals surface area (Å²) in [6.07, 6.45) is 0. The second-order valence-corrected chi connectivity index (χ2v) is 8.32. The Labute approximate surface area is 52.0 Å². The van der Waals surface area contributed by atoms with E-state index in [0.717, 1.165) is 0 Å². The Morgan fingerprint density at radius 3 is 1.75 bits per heavy atom. The van der Waals surface area contributed by atoms with Gasteiger partial charge in [-0.1, -0.05) is 19.6 Å². The van der Waals surface area contributed by atoms with Crippen LogP contribution in [0, 0.1) is 0 Å². The van der Waals surface area contributed by atoms with Crippen molar-refractivity contribution in [2.24, 2.45) is 5.73 Å². The number of methoxy groups -OCH3 is 1.